The molecule has 1 N–H and O–H groups in total. The summed E-state index contributed by atoms with van der Waals surface area (Å²) in [6.07, 6.45) is -3.77. The van der Waals surface area contributed by atoms with Gasteiger partial charge in [-0.2, -0.15) is 0 Å². The van der Waals surface area contributed by atoms with Crippen LogP contribution in [0.2, 0.25) is 0 Å². The van der Waals surface area contributed by atoms with Crippen molar-refractivity contribution in [2.75, 3.05) is 26.9 Å². The fourth-order valence-corrected chi connectivity index (χ4v) is 1.62. The molecule has 0 amide bonds. The first-order valence-electron chi connectivity index (χ1n) is 6.70. The van der Waals surface area contributed by atoms with Gasteiger partial charge < -0.3 is 14.8 Å². The van der Waals surface area contributed by atoms with Gasteiger partial charge in [0.1, 0.15) is 18.1 Å². The lowest BCUT2D eigenvalue weighted by Crippen LogP contribution is -2.18. The Bertz CT molecular complexity index is 424. The number of alkyl halides is 3. The largest absolute Gasteiger partial charge is 0.522 e. The van der Waals surface area contributed by atoms with Crippen molar-refractivity contribution >= 4 is 0 Å². The van der Waals surface area contributed by atoms with Crippen molar-refractivity contribution in [3.8, 4) is 11.5 Å². The average molecular weight is 307 g/mol. The molecule has 0 unspecified atom stereocenters. The van der Waals surface area contributed by atoms with Gasteiger partial charge >= 0.3 is 6.36 Å². The van der Waals surface area contributed by atoms with Gasteiger partial charge in [0.15, 0.2) is 0 Å². The Labute approximate surface area is 122 Å². The van der Waals surface area contributed by atoms with Crippen LogP contribution in [0.15, 0.2) is 18.2 Å². The van der Waals surface area contributed by atoms with Crippen LogP contribution in [0, 0.1) is 0 Å². The maximum absolute atomic E-state index is 11.9. The maximum Gasteiger partial charge on any atom is 0.522 e. The zero-order valence-corrected chi connectivity index (χ0v) is 12.1. The van der Waals surface area contributed by atoms with E-state index in [0.29, 0.717) is 24.7 Å². The first-order chi connectivity index (χ1) is 9.96. The van der Waals surface area contributed by atoms with Crippen LogP contribution in [0.4, 0.5) is 13.2 Å². The molecule has 0 aliphatic heterocycles. The minimum atomic E-state index is -4.64. The Morgan fingerprint density at radius 1 is 1.10 bits per heavy atom. The molecular weight excluding hydrogens is 287 g/mol. The monoisotopic (exact) mass is 307 g/mol. The second kappa shape index (κ2) is 8.74. The zero-order valence-electron chi connectivity index (χ0n) is 12.1. The number of benzene rings is 1. The number of hydrogen-bond acceptors (Lipinski definition) is 4. The Hall–Kier alpha value is -1.47. The molecule has 21 heavy (non-hydrogen) atoms. The molecule has 0 saturated heterocycles. The van der Waals surface area contributed by atoms with Gasteiger partial charge in [-0.05, 0) is 19.5 Å². The summed E-state index contributed by atoms with van der Waals surface area (Å²) in [5, 5.41) is 2.97. The molecule has 120 valence electrons. The highest BCUT2D eigenvalue weighted by molar-refractivity contribution is 5.40. The number of halogens is 3. The second-order valence-electron chi connectivity index (χ2n) is 4.29. The number of ether oxygens (including phenoxy) is 3. The molecule has 1 aromatic rings. The fraction of sp³-hybridized carbons (Fsp3) is 0.571. The molecule has 4 nitrogen and oxygen atoms in total. The summed E-state index contributed by atoms with van der Waals surface area (Å²) in [6, 6.07) is 5.30. The van der Waals surface area contributed by atoms with Gasteiger partial charge in [0, 0.05) is 18.2 Å². The molecule has 0 saturated carbocycles. The highest BCUT2D eigenvalue weighted by Gasteiger charge is 2.28. The van der Waals surface area contributed by atoms with Gasteiger partial charge in [-0.15, -0.1) is 13.2 Å². The smallest absolute Gasteiger partial charge is 0.493 e. The van der Waals surface area contributed by atoms with Gasteiger partial charge in [0.2, 0.25) is 0 Å². The highest BCUT2D eigenvalue weighted by atomic mass is 19.4. The fourth-order valence-electron chi connectivity index (χ4n) is 1.62. The minimum absolute atomic E-state index is 0.187. The van der Waals surface area contributed by atoms with Crippen molar-refractivity contribution < 1.29 is 27.4 Å². The Kier molecular flexibility index (Phi) is 7.31. The van der Waals surface area contributed by atoms with E-state index in [1.807, 2.05) is 13.0 Å². The molecule has 0 aromatic heterocycles. The van der Waals surface area contributed by atoms with E-state index in [9.17, 15) is 13.2 Å². The Balaban J connectivity index is 2.62. The molecule has 1 rings (SSSR count). The molecule has 0 atom stereocenters. The van der Waals surface area contributed by atoms with Crippen LogP contribution in [0.1, 0.15) is 18.9 Å². The van der Waals surface area contributed by atoms with E-state index in [0.717, 1.165) is 12.0 Å². The predicted octanol–water partition coefficient (Wildman–Crippen LogP) is 3.11. The molecule has 0 radical (unpaired) electrons. The van der Waals surface area contributed by atoms with Crippen molar-refractivity contribution in [1.82, 2.24) is 5.32 Å². The van der Waals surface area contributed by atoms with Crippen molar-refractivity contribution in [2.45, 2.75) is 26.3 Å². The number of hydrogen-bond donors (Lipinski definition) is 1. The molecule has 7 heteroatoms. The lowest BCUT2D eigenvalue weighted by atomic mass is 10.2. The molecule has 0 bridgehead atoms. The molecule has 0 aliphatic carbocycles. The van der Waals surface area contributed by atoms with Crippen LogP contribution >= 0.6 is 0 Å². The summed E-state index contributed by atoms with van der Waals surface area (Å²) in [5.41, 5.74) is 0.841. The Morgan fingerprint density at radius 2 is 1.86 bits per heavy atom. The summed E-state index contributed by atoms with van der Waals surface area (Å²) >= 11 is 0. The van der Waals surface area contributed by atoms with E-state index in [4.69, 9.17) is 9.47 Å². The van der Waals surface area contributed by atoms with Crippen molar-refractivity contribution in [2.24, 2.45) is 0 Å². The van der Waals surface area contributed by atoms with E-state index in [1.54, 1.807) is 19.2 Å². The van der Waals surface area contributed by atoms with Crippen LogP contribution < -0.4 is 14.8 Å². The Morgan fingerprint density at radius 3 is 2.48 bits per heavy atom. The van der Waals surface area contributed by atoms with Crippen molar-refractivity contribution in [1.29, 1.82) is 0 Å². The third kappa shape index (κ3) is 7.19. The molecule has 1 aromatic carbocycles. The van der Waals surface area contributed by atoms with Gasteiger partial charge in [0.25, 0.3) is 0 Å². The lowest BCUT2D eigenvalue weighted by Gasteiger charge is -2.14. The standard InChI is InChI=1S/C14H20F3NO3/c1-3-6-19-12-5-4-11(10-18-2)13(9-12)20-7-8-21-14(15,16)17/h4-5,9,18H,3,6-8,10H2,1-2H3. The SMILES string of the molecule is CCCOc1ccc(CNC)c(OCCOC(F)(F)F)c1. The zero-order chi connectivity index (χ0) is 15.7. The van der Waals surface area contributed by atoms with E-state index in [2.05, 4.69) is 10.1 Å². The third-order valence-corrected chi connectivity index (χ3v) is 2.49. The van der Waals surface area contributed by atoms with E-state index < -0.39 is 13.0 Å². The second-order valence-corrected chi connectivity index (χ2v) is 4.29. The van der Waals surface area contributed by atoms with Crippen LogP contribution in [0.25, 0.3) is 0 Å². The number of rotatable bonds is 9. The lowest BCUT2D eigenvalue weighted by molar-refractivity contribution is -0.325. The summed E-state index contributed by atoms with van der Waals surface area (Å²) in [7, 11) is 1.78. The summed E-state index contributed by atoms with van der Waals surface area (Å²) < 4.78 is 50.1. The normalized spacial score (nSPS) is 11.5. The van der Waals surface area contributed by atoms with Gasteiger partial charge in [0.05, 0.1) is 13.2 Å². The summed E-state index contributed by atoms with van der Waals surface area (Å²) in [6.45, 7) is 2.36. The first-order valence-corrected chi connectivity index (χ1v) is 6.70. The maximum atomic E-state index is 11.9. The molecular formula is C14H20F3NO3. The molecule has 0 spiro atoms. The van der Waals surface area contributed by atoms with Crippen LogP contribution in [-0.4, -0.2) is 33.2 Å². The van der Waals surface area contributed by atoms with E-state index in [1.165, 1.54) is 0 Å². The predicted molar refractivity (Wildman–Crippen MR) is 72.5 cm³/mol. The highest BCUT2D eigenvalue weighted by Crippen LogP contribution is 2.25. The first kappa shape index (κ1) is 17.6. The number of nitrogens with one attached hydrogen (secondary N) is 1. The summed E-state index contributed by atoms with van der Waals surface area (Å²) in [4.78, 5) is 0. The van der Waals surface area contributed by atoms with Gasteiger partial charge in [-0.3, -0.25) is 4.74 Å². The third-order valence-electron chi connectivity index (χ3n) is 2.49. The molecule has 0 fully saturated rings. The van der Waals surface area contributed by atoms with Gasteiger partial charge in [-0.1, -0.05) is 13.0 Å². The van der Waals surface area contributed by atoms with E-state index >= 15 is 0 Å². The van der Waals surface area contributed by atoms with Gasteiger partial charge in [-0.25, -0.2) is 0 Å². The average Bonchev–Trinajstić information content (AvgIpc) is 2.42. The molecule has 0 heterocycles. The minimum Gasteiger partial charge on any atom is -0.493 e. The van der Waals surface area contributed by atoms with Crippen LogP contribution in [0.3, 0.4) is 0 Å². The van der Waals surface area contributed by atoms with Crippen molar-refractivity contribution in [3.63, 3.8) is 0 Å². The topological polar surface area (TPSA) is 39.7 Å². The van der Waals surface area contributed by atoms with Crippen LogP contribution in [0.5, 0.6) is 11.5 Å². The molecule has 0 aliphatic rings. The van der Waals surface area contributed by atoms with Crippen molar-refractivity contribution in [3.05, 3.63) is 23.8 Å². The quantitative estimate of drug-likeness (QED) is 0.712. The summed E-state index contributed by atoms with van der Waals surface area (Å²) in [5.74, 6) is 1.12. The van der Waals surface area contributed by atoms with Crippen LogP contribution in [-0.2, 0) is 11.3 Å². The van der Waals surface area contributed by atoms with E-state index in [-0.39, 0.29) is 6.61 Å².